The Morgan fingerprint density at radius 1 is 1.35 bits per heavy atom. The van der Waals surface area contributed by atoms with E-state index in [2.05, 4.69) is 6.92 Å². The molecule has 3 nitrogen and oxygen atoms in total. The van der Waals surface area contributed by atoms with Gasteiger partial charge in [0.1, 0.15) is 0 Å². The molecule has 0 amide bonds. The highest BCUT2D eigenvalue weighted by Gasteiger charge is 2.53. The number of carbonyl (C=O) groups excluding carboxylic acids is 1. The summed E-state index contributed by atoms with van der Waals surface area (Å²) in [5.41, 5.74) is -0.236. The highest BCUT2D eigenvalue weighted by Crippen LogP contribution is 2.49. The van der Waals surface area contributed by atoms with Crippen LogP contribution < -0.4 is 0 Å². The van der Waals surface area contributed by atoms with E-state index in [4.69, 9.17) is 9.47 Å². The van der Waals surface area contributed by atoms with Gasteiger partial charge in [0.25, 0.3) is 0 Å². The Labute approximate surface area is 104 Å². The molecule has 17 heavy (non-hydrogen) atoms. The minimum absolute atomic E-state index is 0.0112. The molecule has 0 aromatic rings. The van der Waals surface area contributed by atoms with Crippen molar-refractivity contribution in [2.24, 2.45) is 5.41 Å². The monoisotopic (exact) mass is 240 g/mol. The van der Waals surface area contributed by atoms with Crippen LogP contribution in [0.3, 0.4) is 0 Å². The van der Waals surface area contributed by atoms with Gasteiger partial charge in [-0.1, -0.05) is 32.6 Å². The second-order valence-electron chi connectivity index (χ2n) is 5.54. The zero-order chi connectivity index (χ0) is 12.3. The molecule has 0 spiro atoms. The second kappa shape index (κ2) is 5.38. The summed E-state index contributed by atoms with van der Waals surface area (Å²) in [5, 5.41) is 0. The summed E-state index contributed by atoms with van der Waals surface area (Å²) in [5.74, 6) is -0.0112. The molecule has 3 unspecified atom stereocenters. The first-order valence-corrected chi connectivity index (χ1v) is 6.96. The van der Waals surface area contributed by atoms with Crippen LogP contribution in [-0.4, -0.2) is 25.3 Å². The summed E-state index contributed by atoms with van der Waals surface area (Å²) in [7, 11) is 1.51. The predicted molar refractivity (Wildman–Crippen MR) is 65.7 cm³/mol. The molecule has 0 aromatic heterocycles. The summed E-state index contributed by atoms with van der Waals surface area (Å²) in [6.07, 6.45) is 9.50. The summed E-state index contributed by atoms with van der Waals surface area (Å²) in [4.78, 5) is 12.0. The molecule has 0 aromatic carbocycles. The summed E-state index contributed by atoms with van der Waals surface area (Å²) in [6, 6.07) is 0. The minimum Gasteiger partial charge on any atom is -0.469 e. The zero-order valence-corrected chi connectivity index (χ0v) is 11.0. The molecule has 0 radical (unpaired) electrons. The van der Waals surface area contributed by atoms with Crippen molar-refractivity contribution < 1.29 is 14.3 Å². The van der Waals surface area contributed by atoms with Gasteiger partial charge in [-0.3, -0.25) is 4.79 Å². The van der Waals surface area contributed by atoms with Crippen molar-refractivity contribution in [3.05, 3.63) is 0 Å². The molecule has 2 aliphatic rings. The minimum atomic E-state index is -0.236. The van der Waals surface area contributed by atoms with Crippen LogP contribution in [-0.2, 0) is 14.3 Å². The fourth-order valence-electron chi connectivity index (χ4n) is 3.14. The average Bonchev–Trinajstić information content (AvgIpc) is 3.11. The number of hydrogen-bond acceptors (Lipinski definition) is 3. The van der Waals surface area contributed by atoms with Crippen molar-refractivity contribution in [1.82, 2.24) is 0 Å². The van der Waals surface area contributed by atoms with E-state index in [0.717, 1.165) is 32.1 Å². The van der Waals surface area contributed by atoms with Gasteiger partial charge in [0.2, 0.25) is 0 Å². The maximum atomic E-state index is 12.0. The Kier molecular flexibility index (Phi) is 4.08. The lowest BCUT2D eigenvalue weighted by Crippen LogP contribution is -2.37. The van der Waals surface area contributed by atoms with Crippen molar-refractivity contribution in [2.45, 2.75) is 70.5 Å². The first-order chi connectivity index (χ1) is 8.22. The maximum absolute atomic E-state index is 12.0. The number of fused-ring (bicyclic) bond motifs is 1. The highest BCUT2D eigenvalue weighted by atomic mass is 16.6. The SMILES string of the molecule is CCCCCCC1(C(=O)OC)CCC2OC2C1. The third kappa shape index (κ3) is 2.82. The number of carbonyl (C=O) groups is 1. The van der Waals surface area contributed by atoms with Crippen LogP contribution in [0.5, 0.6) is 0 Å². The average molecular weight is 240 g/mol. The molecular formula is C14H24O3. The number of epoxide rings is 1. The van der Waals surface area contributed by atoms with E-state index in [1.807, 2.05) is 0 Å². The number of ether oxygens (including phenoxy) is 2. The van der Waals surface area contributed by atoms with Crippen molar-refractivity contribution in [3.63, 3.8) is 0 Å². The molecular weight excluding hydrogens is 216 g/mol. The van der Waals surface area contributed by atoms with Crippen molar-refractivity contribution in [1.29, 1.82) is 0 Å². The molecule has 0 bridgehead atoms. The normalized spacial score (nSPS) is 35.2. The molecule has 0 N–H and O–H groups in total. The van der Waals surface area contributed by atoms with Crippen LogP contribution in [0.1, 0.15) is 58.3 Å². The van der Waals surface area contributed by atoms with Gasteiger partial charge in [0.05, 0.1) is 24.7 Å². The summed E-state index contributed by atoms with van der Waals surface area (Å²) in [6.45, 7) is 2.21. The van der Waals surface area contributed by atoms with Crippen LogP contribution in [0, 0.1) is 5.41 Å². The number of unbranched alkanes of at least 4 members (excludes halogenated alkanes) is 3. The fraction of sp³-hybridized carbons (Fsp3) is 0.929. The largest absolute Gasteiger partial charge is 0.469 e. The summed E-state index contributed by atoms with van der Waals surface area (Å²) >= 11 is 0. The van der Waals surface area contributed by atoms with E-state index < -0.39 is 0 Å². The van der Waals surface area contributed by atoms with Gasteiger partial charge in [-0.25, -0.2) is 0 Å². The van der Waals surface area contributed by atoms with Gasteiger partial charge in [0, 0.05) is 0 Å². The van der Waals surface area contributed by atoms with Crippen LogP contribution >= 0.6 is 0 Å². The van der Waals surface area contributed by atoms with Crippen molar-refractivity contribution in [2.75, 3.05) is 7.11 Å². The molecule has 1 saturated heterocycles. The molecule has 2 fully saturated rings. The lowest BCUT2D eigenvalue weighted by atomic mass is 9.71. The van der Waals surface area contributed by atoms with Gasteiger partial charge < -0.3 is 9.47 Å². The van der Waals surface area contributed by atoms with Crippen molar-refractivity contribution in [3.8, 4) is 0 Å². The quantitative estimate of drug-likeness (QED) is 0.407. The lowest BCUT2D eigenvalue weighted by molar-refractivity contribution is -0.155. The topological polar surface area (TPSA) is 38.8 Å². The molecule has 3 heteroatoms. The van der Waals surface area contributed by atoms with E-state index in [1.54, 1.807) is 0 Å². The third-order valence-corrected chi connectivity index (χ3v) is 4.31. The van der Waals surface area contributed by atoms with Gasteiger partial charge >= 0.3 is 5.97 Å². The van der Waals surface area contributed by atoms with Gasteiger partial charge in [-0.15, -0.1) is 0 Å². The molecule has 1 saturated carbocycles. The fourth-order valence-corrected chi connectivity index (χ4v) is 3.14. The van der Waals surface area contributed by atoms with E-state index in [-0.39, 0.29) is 11.4 Å². The van der Waals surface area contributed by atoms with Crippen LogP contribution in [0.4, 0.5) is 0 Å². The molecule has 98 valence electrons. The molecule has 1 aliphatic heterocycles. The zero-order valence-electron chi connectivity index (χ0n) is 11.0. The van der Waals surface area contributed by atoms with Crippen LogP contribution in [0.15, 0.2) is 0 Å². The lowest BCUT2D eigenvalue weighted by Gasteiger charge is -2.32. The van der Waals surface area contributed by atoms with Crippen molar-refractivity contribution >= 4 is 5.97 Å². The molecule has 3 atom stereocenters. The smallest absolute Gasteiger partial charge is 0.311 e. The maximum Gasteiger partial charge on any atom is 0.311 e. The number of rotatable bonds is 6. The second-order valence-corrected chi connectivity index (χ2v) is 5.54. The third-order valence-electron chi connectivity index (χ3n) is 4.31. The summed E-state index contributed by atoms with van der Waals surface area (Å²) < 4.78 is 10.6. The van der Waals surface area contributed by atoms with E-state index in [0.29, 0.717) is 12.2 Å². The van der Waals surface area contributed by atoms with Gasteiger partial charge in [0.15, 0.2) is 0 Å². The Morgan fingerprint density at radius 3 is 2.82 bits per heavy atom. The molecule has 1 aliphatic carbocycles. The van der Waals surface area contributed by atoms with E-state index >= 15 is 0 Å². The Bertz CT molecular complexity index is 277. The standard InChI is InChI=1S/C14H24O3/c1-3-4-5-6-8-14(13(15)16-2)9-7-11-12(10-14)17-11/h11-12H,3-10H2,1-2H3. The van der Waals surface area contributed by atoms with Crippen LogP contribution in [0.25, 0.3) is 0 Å². The predicted octanol–water partition coefficient (Wildman–Crippen LogP) is 3.07. The first kappa shape index (κ1) is 12.9. The first-order valence-electron chi connectivity index (χ1n) is 6.96. The van der Waals surface area contributed by atoms with Gasteiger partial charge in [-0.2, -0.15) is 0 Å². The Hall–Kier alpha value is -0.570. The molecule has 1 heterocycles. The Morgan fingerprint density at radius 2 is 2.18 bits per heavy atom. The molecule has 2 rings (SSSR count). The number of hydrogen-bond donors (Lipinski definition) is 0. The Balaban J connectivity index is 1.90. The number of esters is 1. The van der Waals surface area contributed by atoms with Gasteiger partial charge in [-0.05, 0) is 25.7 Å². The number of methoxy groups -OCH3 is 1. The highest BCUT2D eigenvalue weighted by molar-refractivity contribution is 5.77. The van der Waals surface area contributed by atoms with E-state index in [1.165, 1.54) is 26.4 Å². The van der Waals surface area contributed by atoms with Crippen LogP contribution in [0.2, 0.25) is 0 Å². The van der Waals surface area contributed by atoms with E-state index in [9.17, 15) is 4.79 Å².